The van der Waals surface area contributed by atoms with Crippen LogP contribution in [0.5, 0.6) is 0 Å². The average Bonchev–Trinajstić information content (AvgIpc) is 2.65. The Balaban J connectivity index is 1.98. The summed E-state index contributed by atoms with van der Waals surface area (Å²) in [7, 11) is 0. The molecule has 1 aromatic carbocycles. The second-order valence-corrected chi connectivity index (χ2v) is 6.01. The van der Waals surface area contributed by atoms with Crippen molar-refractivity contribution >= 4 is 29.4 Å². The van der Waals surface area contributed by atoms with Gasteiger partial charge in [0, 0.05) is 18.5 Å². The Morgan fingerprint density at radius 2 is 2.00 bits per heavy atom. The number of unbranched alkanes of at least 4 members (excludes halogenated alkanes) is 1. The maximum Gasteiger partial charge on any atom is 0.418 e. The van der Waals surface area contributed by atoms with E-state index in [0.717, 1.165) is 12.8 Å². The number of nitrogens with one attached hydrogen (secondary N) is 1. The smallest absolute Gasteiger partial charge is 0.272 e. The number of fused-ring (bicyclic) bond motifs is 1. The number of urea groups is 1. The third kappa shape index (κ3) is 3.35. The molecule has 0 bridgehead atoms. The zero-order valence-electron chi connectivity index (χ0n) is 14.2. The van der Waals surface area contributed by atoms with Crippen LogP contribution in [0.1, 0.15) is 36.5 Å². The number of carbonyl (C=O) groups is 3. The molecule has 130 valence electrons. The van der Waals surface area contributed by atoms with Crippen LogP contribution in [0.15, 0.2) is 35.3 Å². The van der Waals surface area contributed by atoms with Crippen LogP contribution >= 0.6 is 0 Å². The van der Waals surface area contributed by atoms with E-state index in [1.165, 1.54) is 9.80 Å². The normalized spacial score (nSPS) is 19.1. The monoisotopic (exact) mass is 341 g/mol. The SMILES string of the molecule is CCCCN1C(=O)C(=NC(=O)c2ccccc2)C2=[NH+]CCCN2C1=O. The second kappa shape index (κ2) is 7.38. The zero-order chi connectivity index (χ0) is 17.8. The first-order valence-electron chi connectivity index (χ1n) is 8.56. The molecule has 1 N–H and O–H groups in total. The van der Waals surface area contributed by atoms with Crippen molar-refractivity contribution in [3.63, 3.8) is 0 Å². The number of hydrogen-bond acceptors (Lipinski definition) is 3. The van der Waals surface area contributed by atoms with Gasteiger partial charge in [-0.05, 0) is 18.6 Å². The van der Waals surface area contributed by atoms with Crippen LogP contribution in [0, 0.1) is 0 Å². The van der Waals surface area contributed by atoms with Crippen LogP contribution in [0.25, 0.3) is 0 Å². The number of nitrogens with zero attached hydrogens (tertiary/aromatic N) is 3. The van der Waals surface area contributed by atoms with E-state index in [-0.39, 0.29) is 11.7 Å². The Kier molecular flexibility index (Phi) is 5.02. The van der Waals surface area contributed by atoms with Crippen molar-refractivity contribution in [1.82, 2.24) is 9.80 Å². The molecule has 7 nitrogen and oxygen atoms in total. The molecule has 0 aliphatic carbocycles. The highest BCUT2D eigenvalue weighted by atomic mass is 16.2. The molecule has 0 aromatic heterocycles. The summed E-state index contributed by atoms with van der Waals surface area (Å²) in [6.07, 6.45) is 2.36. The summed E-state index contributed by atoms with van der Waals surface area (Å²) < 4.78 is 0. The lowest BCUT2D eigenvalue weighted by Gasteiger charge is -2.31. The predicted molar refractivity (Wildman–Crippen MR) is 92.4 cm³/mol. The molecule has 4 amide bonds. The summed E-state index contributed by atoms with van der Waals surface area (Å²) in [5.74, 6) is -0.657. The van der Waals surface area contributed by atoms with Gasteiger partial charge < -0.3 is 0 Å². The molecule has 7 heteroatoms. The third-order valence-corrected chi connectivity index (χ3v) is 4.22. The van der Waals surface area contributed by atoms with Crippen LogP contribution in [0.3, 0.4) is 0 Å². The molecular weight excluding hydrogens is 320 g/mol. The molecule has 3 rings (SSSR count). The van der Waals surface area contributed by atoms with Crippen LogP contribution < -0.4 is 4.99 Å². The Morgan fingerprint density at radius 1 is 1.24 bits per heavy atom. The summed E-state index contributed by atoms with van der Waals surface area (Å²) >= 11 is 0. The van der Waals surface area contributed by atoms with Gasteiger partial charge in [0.2, 0.25) is 5.71 Å². The average molecular weight is 341 g/mol. The van der Waals surface area contributed by atoms with Gasteiger partial charge in [0.25, 0.3) is 11.8 Å². The van der Waals surface area contributed by atoms with E-state index in [2.05, 4.69) is 9.98 Å². The molecular formula is C18H21N4O3+. The molecule has 0 spiro atoms. The first-order valence-corrected chi connectivity index (χ1v) is 8.56. The first-order chi connectivity index (χ1) is 12.1. The van der Waals surface area contributed by atoms with Crippen LogP contribution in [-0.2, 0) is 4.79 Å². The number of imide groups is 1. The molecule has 25 heavy (non-hydrogen) atoms. The quantitative estimate of drug-likeness (QED) is 0.850. The van der Waals surface area contributed by atoms with Crippen molar-refractivity contribution in [2.45, 2.75) is 26.2 Å². The minimum Gasteiger partial charge on any atom is -0.272 e. The van der Waals surface area contributed by atoms with Crippen LogP contribution in [0.2, 0.25) is 0 Å². The van der Waals surface area contributed by atoms with E-state index in [9.17, 15) is 14.4 Å². The van der Waals surface area contributed by atoms with E-state index in [1.54, 1.807) is 30.3 Å². The molecule has 2 heterocycles. The topological polar surface area (TPSA) is 84.0 Å². The summed E-state index contributed by atoms with van der Waals surface area (Å²) in [6.45, 7) is 3.47. The highest BCUT2D eigenvalue weighted by Gasteiger charge is 2.48. The summed E-state index contributed by atoms with van der Waals surface area (Å²) in [5.41, 5.74) is 0.423. The van der Waals surface area contributed by atoms with Crippen molar-refractivity contribution in [1.29, 1.82) is 0 Å². The molecule has 0 unspecified atom stereocenters. The van der Waals surface area contributed by atoms with Gasteiger partial charge >= 0.3 is 11.9 Å². The predicted octanol–water partition coefficient (Wildman–Crippen LogP) is 0.215. The summed E-state index contributed by atoms with van der Waals surface area (Å²) in [6, 6.07) is 8.25. The fourth-order valence-corrected chi connectivity index (χ4v) is 2.88. The van der Waals surface area contributed by atoms with E-state index in [1.807, 2.05) is 6.92 Å². The van der Waals surface area contributed by atoms with E-state index >= 15 is 0 Å². The minimum atomic E-state index is -0.511. The fraction of sp³-hybridized carbons (Fsp3) is 0.389. The van der Waals surface area contributed by atoms with Crippen LogP contribution in [-0.4, -0.2) is 58.8 Å². The van der Waals surface area contributed by atoms with Gasteiger partial charge in [-0.1, -0.05) is 31.5 Å². The van der Waals surface area contributed by atoms with Gasteiger partial charge in [-0.15, -0.1) is 0 Å². The van der Waals surface area contributed by atoms with E-state index in [4.69, 9.17) is 0 Å². The first kappa shape index (κ1) is 17.0. The number of hydrogen-bond donors (Lipinski definition) is 1. The number of benzene rings is 1. The van der Waals surface area contributed by atoms with Gasteiger partial charge in [0.1, 0.15) is 0 Å². The van der Waals surface area contributed by atoms with Gasteiger partial charge in [-0.3, -0.25) is 14.6 Å². The molecule has 1 aromatic rings. The lowest BCUT2D eigenvalue weighted by Crippen LogP contribution is -2.85. The van der Waals surface area contributed by atoms with Crippen molar-refractivity contribution in [3.05, 3.63) is 35.9 Å². The number of carbonyl (C=O) groups excluding carboxylic acids is 3. The number of aliphatic imine (C=N–C) groups is 1. The molecule has 0 saturated carbocycles. The Hall–Kier alpha value is -2.83. The van der Waals surface area contributed by atoms with E-state index < -0.39 is 11.8 Å². The number of amidine groups is 1. The molecule has 1 saturated heterocycles. The van der Waals surface area contributed by atoms with Crippen molar-refractivity contribution in [2.75, 3.05) is 19.6 Å². The minimum absolute atomic E-state index is 0.0178. The maximum atomic E-state index is 12.8. The van der Waals surface area contributed by atoms with Crippen LogP contribution in [0.4, 0.5) is 4.79 Å². The fourth-order valence-electron chi connectivity index (χ4n) is 2.88. The van der Waals surface area contributed by atoms with Gasteiger partial charge in [0.05, 0.1) is 13.1 Å². The Labute approximate surface area is 146 Å². The molecule has 1 fully saturated rings. The van der Waals surface area contributed by atoms with Crippen molar-refractivity contribution in [3.8, 4) is 0 Å². The maximum absolute atomic E-state index is 12.8. The summed E-state index contributed by atoms with van der Waals surface area (Å²) in [5, 5.41) is 0. The Morgan fingerprint density at radius 3 is 2.72 bits per heavy atom. The number of amides is 4. The largest absolute Gasteiger partial charge is 0.418 e. The van der Waals surface area contributed by atoms with Gasteiger partial charge in [-0.2, -0.15) is 9.89 Å². The van der Waals surface area contributed by atoms with Gasteiger partial charge in [-0.25, -0.2) is 9.69 Å². The van der Waals surface area contributed by atoms with Crippen molar-refractivity contribution < 1.29 is 19.4 Å². The highest BCUT2D eigenvalue weighted by molar-refractivity contribution is 6.69. The Bertz CT molecular complexity index is 755. The highest BCUT2D eigenvalue weighted by Crippen LogP contribution is 2.14. The van der Waals surface area contributed by atoms with E-state index in [0.29, 0.717) is 37.5 Å². The lowest BCUT2D eigenvalue weighted by molar-refractivity contribution is -0.466. The standard InChI is InChI=1S/C18H20N4O3/c1-2-3-11-22-17(24)14(15-19-10-7-12-21(15)18(22)25)20-16(23)13-8-5-4-6-9-13/h4-6,8-9H,2-3,7,10-12H2,1H3/p+1. The lowest BCUT2D eigenvalue weighted by atomic mass is 10.1. The second-order valence-electron chi connectivity index (χ2n) is 6.01. The van der Waals surface area contributed by atoms with Crippen molar-refractivity contribution in [2.24, 2.45) is 4.99 Å². The summed E-state index contributed by atoms with van der Waals surface area (Å²) in [4.78, 5) is 47.7. The number of rotatable bonds is 4. The van der Waals surface area contributed by atoms with Gasteiger partial charge in [0.15, 0.2) is 0 Å². The zero-order valence-corrected chi connectivity index (χ0v) is 14.2. The molecule has 0 radical (unpaired) electrons. The molecule has 2 aliphatic heterocycles. The third-order valence-electron chi connectivity index (χ3n) is 4.22. The molecule has 2 aliphatic rings. The molecule has 0 atom stereocenters.